The first-order valence-corrected chi connectivity index (χ1v) is 7.85. The first kappa shape index (κ1) is 16.9. The molecule has 0 aliphatic rings. The summed E-state index contributed by atoms with van der Waals surface area (Å²) >= 11 is 5.01. The van der Waals surface area contributed by atoms with Crippen LogP contribution in [0, 0.1) is 0 Å². The Morgan fingerprint density at radius 2 is 2.26 bits per heavy atom. The normalized spacial score (nSPS) is 12.6. The van der Waals surface area contributed by atoms with Gasteiger partial charge in [0.15, 0.2) is 0 Å². The Balaban J connectivity index is 2.58. The van der Waals surface area contributed by atoms with Gasteiger partial charge < -0.3 is 20.3 Å². The molecule has 0 fully saturated rings. The zero-order valence-corrected chi connectivity index (χ0v) is 13.3. The zero-order chi connectivity index (χ0) is 14.1. The fourth-order valence-electron chi connectivity index (χ4n) is 1.46. The van der Waals surface area contributed by atoms with Gasteiger partial charge >= 0.3 is 0 Å². The molecule has 0 saturated heterocycles. The summed E-state index contributed by atoms with van der Waals surface area (Å²) in [4.78, 5) is 1.11. The molecule has 0 spiro atoms. The second-order valence-electron chi connectivity index (χ2n) is 4.07. The second kappa shape index (κ2) is 9.74. The van der Waals surface area contributed by atoms with Crippen LogP contribution in [0.2, 0.25) is 0 Å². The number of hydrogen-bond acceptors (Lipinski definition) is 5. The van der Waals surface area contributed by atoms with Crippen molar-refractivity contribution in [2.45, 2.75) is 17.5 Å². The third-order valence-electron chi connectivity index (χ3n) is 2.46. The number of methoxy groups -OCH3 is 1. The Labute approximate surface area is 126 Å². The molecule has 0 bridgehead atoms. The van der Waals surface area contributed by atoms with Crippen molar-refractivity contribution in [3.8, 4) is 0 Å². The molecule has 19 heavy (non-hydrogen) atoms. The Morgan fingerprint density at radius 3 is 2.95 bits per heavy atom. The van der Waals surface area contributed by atoms with E-state index in [9.17, 15) is 5.11 Å². The summed E-state index contributed by atoms with van der Waals surface area (Å²) in [7, 11) is 1.68. The van der Waals surface area contributed by atoms with Gasteiger partial charge in [0.25, 0.3) is 0 Å². The minimum atomic E-state index is -0.678. The summed E-state index contributed by atoms with van der Waals surface area (Å²) in [5.74, 6) is 0.489. The number of nitrogens with one attached hydrogen (secondary N) is 1. The van der Waals surface area contributed by atoms with E-state index in [1.165, 1.54) is 5.56 Å². The van der Waals surface area contributed by atoms with Crippen LogP contribution in [0.1, 0.15) is 5.56 Å². The molecule has 1 aromatic carbocycles. The molecule has 1 aromatic rings. The Kier molecular flexibility index (Phi) is 8.69. The molecular formula is C13H20BrNO3S. The van der Waals surface area contributed by atoms with E-state index in [4.69, 9.17) is 9.84 Å². The Bertz CT molecular complexity index is 379. The lowest BCUT2D eigenvalue weighted by Crippen LogP contribution is -2.19. The molecule has 0 aliphatic heterocycles. The number of hydrogen-bond donors (Lipinski definition) is 3. The van der Waals surface area contributed by atoms with Crippen LogP contribution in [0.4, 0.5) is 0 Å². The summed E-state index contributed by atoms with van der Waals surface area (Å²) < 4.78 is 6.02. The summed E-state index contributed by atoms with van der Waals surface area (Å²) in [5, 5.41) is 21.5. The fourth-order valence-corrected chi connectivity index (χ4v) is 2.83. The van der Waals surface area contributed by atoms with Gasteiger partial charge in [0.1, 0.15) is 0 Å². The maximum Gasteiger partial charge on any atom is 0.0864 e. The summed E-state index contributed by atoms with van der Waals surface area (Å²) in [5.41, 5.74) is 1.17. The minimum absolute atomic E-state index is 0.203. The Hall–Kier alpha value is -0.110. The monoisotopic (exact) mass is 349 g/mol. The van der Waals surface area contributed by atoms with Gasteiger partial charge in [-0.1, -0.05) is 15.9 Å². The van der Waals surface area contributed by atoms with E-state index >= 15 is 0 Å². The van der Waals surface area contributed by atoms with E-state index in [0.29, 0.717) is 12.4 Å². The smallest absolute Gasteiger partial charge is 0.0864 e. The van der Waals surface area contributed by atoms with Crippen molar-refractivity contribution in [1.82, 2.24) is 5.32 Å². The first-order valence-electron chi connectivity index (χ1n) is 6.07. The first-order chi connectivity index (χ1) is 9.17. The van der Waals surface area contributed by atoms with Gasteiger partial charge in [-0.05, 0) is 23.8 Å². The van der Waals surface area contributed by atoms with Gasteiger partial charge in [-0.2, -0.15) is 0 Å². The molecule has 0 aromatic heterocycles. The molecule has 4 nitrogen and oxygen atoms in total. The third kappa shape index (κ3) is 6.74. The summed E-state index contributed by atoms with van der Waals surface area (Å²) in [6.45, 7) is 2.03. The summed E-state index contributed by atoms with van der Waals surface area (Å²) in [6, 6.07) is 6.06. The van der Waals surface area contributed by atoms with Gasteiger partial charge in [-0.3, -0.25) is 0 Å². The van der Waals surface area contributed by atoms with Crippen molar-refractivity contribution in [3.05, 3.63) is 28.2 Å². The van der Waals surface area contributed by atoms with Crippen molar-refractivity contribution in [3.63, 3.8) is 0 Å². The van der Waals surface area contributed by atoms with Gasteiger partial charge in [0.05, 0.1) is 19.3 Å². The highest BCUT2D eigenvalue weighted by atomic mass is 79.9. The SMILES string of the molecule is COCCNCc1cc(Br)ccc1SCC(O)CO. The van der Waals surface area contributed by atoms with Gasteiger partial charge in [0, 0.05) is 35.3 Å². The topological polar surface area (TPSA) is 61.7 Å². The molecule has 3 N–H and O–H groups in total. The van der Waals surface area contributed by atoms with Crippen molar-refractivity contribution in [2.24, 2.45) is 0 Å². The van der Waals surface area contributed by atoms with Crippen molar-refractivity contribution in [2.75, 3.05) is 32.6 Å². The molecule has 0 amide bonds. The van der Waals surface area contributed by atoms with Crippen LogP contribution in [-0.2, 0) is 11.3 Å². The van der Waals surface area contributed by atoms with Crippen LogP contribution in [0.25, 0.3) is 0 Å². The number of aliphatic hydroxyl groups excluding tert-OH is 2. The molecular weight excluding hydrogens is 330 g/mol. The molecule has 1 rings (SSSR count). The lowest BCUT2D eigenvalue weighted by molar-refractivity contribution is 0.113. The lowest BCUT2D eigenvalue weighted by atomic mass is 10.2. The number of aliphatic hydroxyl groups is 2. The maximum absolute atomic E-state index is 9.40. The average Bonchev–Trinajstić information content (AvgIpc) is 2.42. The minimum Gasteiger partial charge on any atom is -0.394 e. The van der Waals surface area contributed by atoms with Crippen LogP contribution in [0.3, 0.4) is 0 Å². The highest BCUT2D eigenvalue weighted by molar-refractivity contribution is 9.10. The van der Waals surface area contributed by atoms with Crippen LogP contribution < -0.4 is 5.32 Å². The van der Waals surface area contributed by atoms with Gasteiger partial charge in [-0.25, -0.2) is 0 Å². The number of halogens is 1. The van der Waals surface area contributed by atoms with Crippen LogP contribution in [0.5, 0.6) is 0 Å². The predicted molar refractivity (Wildman–Crippen MR) is 81.5 cm³/mol. The van der Waals surface area contributed by atoms with Crippen LogP contribution in [0.15, 0.2) is 27.6 Å². The van der Waals surface area contributed by atoms with E-state index in [-0.39, 0.29) is 6.61 Å². The van der Waals surface area contributed by atoms with Crippen molar-refractivity contribution in [1.29, 1.82) is 0 Å². The number of thioether (sulfide) groups is 1. The lowest BCUT2D eigenvalue weighted by Gasteiger charge is -2.12. The maximum atomic E-state index is 9.40. The molecule has 0 heterocycles. The predicted octanol–water partition coefficient (Wildman–Crippen LogP) is 1.63. The number of ether oxygens (including phenoxy) is 1. The highest BCUT2D eigenvalue weighted by Crippen LogP contribution is 2.26. The van der Waals surface area contributed by atoms with E-state index in [0.717, 1.165) is 22.5 Å². The zero-order valence-electron chi connectivity index (χ0n) is 10.9. The quantitative estimate of drug-likeness (QED) is 0.467. The van der Waals surface area contributed by atoms with Crippen molar-refractivity contribution < 1.29 is 14.9 Å². The van der Waals surface area contributed by atoms with E-state index in [1.54, 1.807) is 18.9 Å². The van der Waals surface area contributed by atoms with Crippen molar-refractivity contribution >= 4 is 27.7 Å². The third-order valence-corrected chi connectivity index (χ3v) is 4.22. The second-order valence-corrected chi connectivity index (χ2v) is 6.05. The van der Waals surface area contributed by atoms with Gasteiger partial charge in [0.2, 0.25) is 0 Å². The standard InChI is InChI=1S/C13H20BrNO3S/c1-18-5-4-15-7-10-6-11(14)2-3-13(10)19-9-12(17)8-16/h2-3,6,12,15-17H,4-5,7-9H2,1H3. The molecule has 0 saturated carbocycles. The molecule has 6 heteroatoms. The van der Waals surface area contributed by atoms with E-state index in [1.807, 2.05) is 12.1 Å². The molecule has 1 unspecified atom stereocenters. The average molecular weight is 350 g/mol. The van der Waals surface area contributed by atoms with Crippen LogP contribution in [-0.4, -0.2) is 48.9 Å². The number of rotatable bonds is 9. The van der Waals surface area contributed by atoms with E-state index < -0.39 is 6.10 Å². The number of benzene rings is 1. The Morgan fingerprint density at radius 1 is 1.47 bits per heavy atom. The van der Waals surface area contributed by atoms with E-state index in [2.05, 4.69) is 27.3 Å². The summed E-state index contributed by atoms with van der Waals surface area (Å²) in [6.07, 6.45) is -0.678. The molecule has 108 valence electrons. The molecule has 0 aliphatic carbocycles. The highest BCUT2D eigenvalue weighted by Gasteiger charge is 2.07. The fraction of sp³-hybridized carbons (Fsp3) is 0.538. The van der Waals surface area contributed by atoms with Crippen LogP contribution >= 0.6 is 27.7 Å². The molecule has 1 atom stereocenters. The largest absolute Gasteiger partial charge is 0.394 e. The molecule has 0 radical (unpaired) electrons. The van der Waals surface area contributed by atoms with Gasteiger partial charge in [-0.15, -0.1) is 11.8 Å².